The van der Waals surface area contributed by atoms with E-state index in [0.29, 0.717) is 28.3 Å². The maximum Gasteiger partial charge on any atom is 0.344 e. The molecule has 5 nitrogen and oxygen atoms in total. The second-order valence-electron chi connectivity index (χ2n) is 8.50. The molecule has 3 rings (SSSR count). The monoisotopic (exact) mass is 397 g/mol. The fourth-order valence-corrected chi connectivity index (χ4v) is 3.75. The lowest BCUT2D eigenvalue weighted by Gasteiger charge is -2.35. The van der Waals surface area contributed by atoms with Gasteiger partial charge >= 0.3 is 5.63 Å². The Morgan fingerprint density at radius 1 is 1.11 bits per heavy atom. The number of aryl methyl sites for hydroxylation is 1. The van der Waals surface area contributed by atoms with Crippen molar-refractivity contribution in [3.05, 3.63) is 52.5 Å². The highest BCUT2D eigenvalue weighted by molar-refractivity contribution is 6.74. The van der Waals surface area contributed by atoms with E-state index < -0.39 is 13.9 Å². The average Bonchev–Trinajstić information content (AvgIpc) is 2.61. The first-order valence-electron chi connectivity index (χ1n) is 9.30. The van der Waals surface area contributed by atoms with Gasteiger partial charge in [0.05, 0.1) is 12.7 Å². The normalized spacial score (nSPS) is 12.2. The summed E-state index contributed by atoms with van der Waals surface area (Å²) >= 11 is 0. The molecule has 1 aromatic carbocycles. The standard InChI is InChI=1S/C22H27NO4Si/c1-14-17-10-9-16(25-5)12-18(17)26-21(24)20(14)15-8-11-19(23-13-15)27-28(6,7)22(2,3)4/h8-13H,1-7H3. The Balaban J connectivity index is 2.00. The molecule has 0 saturated carbocycles. The largest absolute Gasteiger partial charge is 0.531 e. The van der Waals surface area contributed by atoms with E-state index in [4.69, 9.17) is 13.6 Å². The second-order valence-corrected chi connectivity index (χ2v) is 13.2. The number of ether oxygens (including phenoxy) is 1. The number of benzene rings is 1. The van der Waals surface area contributed by atoms with Crippen LogP contribution in [0, 0.1) is 6.92 Å². The smallest absolute Gasteiger partial charge is 0.344 e. The Morgan fingerprint density at radius 3 is 2.39 bits per heavy atom. The van der Waals surface area contributed by atoms with Gasteiger partial charge in [-0.05, 0) is 54.9 Å². The van der Waals surface area contributed by atoms with E-state index >= 15 is 0 Å². The van der Waals surface area contributed by atoms with Crippen LogP contribution >= 0.6 is 0 Å². The molecule has 0 unspecified atom stereocenters. The van der Waals surface area contributed by atoms with Gasteiger partial charge in [0.2, 0.25) is 0 Å². The van der Waals surface area contributed by atoms with Crippen molar-refractivity contribution in [2.24, 2.45) is 0 Å². The van der Waals surface area contributed by atoms with Gasteiger partial charge in [0.15, 0.2) is 5.88 Å². The van der Waals surface area contributed by atoms with Gasteiger partial charge in [0.25, 0.3) is 8.32 Å². The molecule has 0 saturated heterocycles. The molecule has 0 amide bonds. The van der Waals surface area contributed by atoms with Crippen LogP contribution in [0.5, 0.6) is 11.6 Å². The molecule has 0 aliphatic rings. The fraction of sp³-hybridized carbons (Fsp3) is 0.364. The van der Waals surface area contributed by atoms with Gasteiger partial charge in [-0.15, -0.1) is 0 Å². The highest BCUT2D eigenvalue weighted by Crippen LogP contribution is 2.37. The molecule has 0 atom stereocenters. The third kappa shape index (κ3) is 3.69. The molecular formula is C22H27NO4Si. The van der Waals surface area contributed by atoms with Gasteiger partial charge in [-0.2, -0.15) is 0 Å². The van der Waals surface area contributed by atoms with Crippen molar-refractivity contribution in [3.8, 4) is 22.8 Å². The predicted octanol–water partition coefficient (Wildman–Crippen LogP) is 5.56. The number of fused-ring (bicyclic) bond motifs is 1. The minimum atomic E-state index is -1.96. The van der Waals surface area contributed by atoms with Gasteiger partial charge in [-0.3, -0.25) is 0 Å². The molecule has 0 fully saturated rings. The Bertz CT molecular complexity index is 1060. The Hall–Kier alpha value is -2.60. The predicted molar refractivity (Wildman–Crippen MR) is 115 cm³/mol. The number of rotatable bonds is 4. The lowest BCUT2D eigenvalue weighted by Crippen LogP contribution is -2.44. The molecule has 3 aromatic rings. The molecule has 0 spiro atoms. The van der Waals surface area contributed by atoms with E-state index in [1.807, 2.05) is 31.2 Å². The van der Waals surface area contributed by atoms with Crippen molar-refractivity contribution >= 4 is 19.3 Å². The third-order valence-corrected chi connectivity index (χ3v) is 9.90. The van der Waals surface area contributed by atoms with Gasteiger partial charge in [-0.1, -0.05) is 20.8 Å². The fourth-order valence-electron chi connectivity index (χ4n) is 2.80. The first kappa shape index (κ1) is 20.1. The zero-order chi connectivity index (χ0) is 20.7. The van der Waals surface area contributed by atoms with Crippen molar-refractivity contribution in [1.29, 1.82) is 0 Å². The Labute approximate surface area is 166 Å². The highest BCUT2D eigenvalue weighted by atomic mass is 28.4. The van der Waals surface area contributed by atoms with E-state index in [9.17, 15) is 4.79 Å². The summed E-state index contributed by atoms with van der Waals surface area (Å²) in [5.41, 5.74) is 2.21. The number of hydrogen-bond acceptors (Lipinski definition) is 5. The Kier molecular flexibility index (Phi) is 5.10. The topological polar surface area (TPSA) is 61.6 Å². The molecule has 28 heavy (non-hydrogen) atoms. The number of pyridine rings is 1. The summed E-state index contributed by atoms with van der Waals surface area (Å²) < 4.78 is 17.0. The van der Waals surface area contributed by atoms with Crippen LogP contribution in [0.1, 0.15) is 26.3 Å². The molecule has 0 radical (unpaired) electrons. The zero-order valence-electron chi connectivity index (χ0n) is 17.5. The van der Waals surface area contributed by atoms with Crippen LogP contribution in [0.2, 0.25) is 18.1 Å². The quantitative estimate of drug-likeness (QED) is 0.426. The Morgan fingerprint density at radius 2 is 1.82 bits per heavy atom. The van der Waals surface area contributed by atoms with Crippen LogP contribution in [0.4, 0.5) is 0 Å². The van der Waals surface area contributed by atoms with Crippen molar-refractivity contribution in [2.45, 2.75) is 45.8 Å². The van der Waals surface area contributed by atoms with Crippen molar-refractivity contribution < 1.29 is 13.6 Å². The first-order valence-corrected chi connectivity index (χ1v) is 12.2. The number of methoxy groups -OCH3 is 1. The second kappa shape index (κ2) is 7.09. The summed E-state index contributed by atoms with van der Waals surface area (Å²) in [6.45, 7) is 12.8. The molecule has 0 N–H and O–H groups in total. The first-order chi connectivity index (χ1) is 13.0. The minimum absolute atomic E-state index is 0.0877. The van der Waals surface area contributed by atoms with Crippen molar-refractivity contribution in [1.82, 2.24) is 4.98 Å². The maximum atomic E-state index is 12.6. The number of hydrogen-bond donors (Lipinski definition) is 0. The molecule has 6 heteroatoms. The zero-order valence-corrected chi connectivity index (χ0v) is 18.5. The van der Waals surface area contributed by atoms with Crippen molar-refractivity contribution in [3.63, 3.8) is 0 Å². The summed E-state index contributed by atoms with van der Waals surface area (Å²) in [7, 11) is -0.381. The average molecular weight is 398 g/mol. The third-order valence-electron chi connectivity index (χ3n) is 5.57. The van der Waals surface area contributed by atoms with Gasteiger partial charge in [0, 0.05) is 23.2 Å². The van der Waals surface area contributed by atoms with E-state index in [0.717, 1.165) is 10.9 Å². The van der Waals surface area contributed by atoms with Crippen LogP contribution in [-0.2, 0) is 0 Å². The van der Waals surface area contributed by atoms with Gasteiger partial charge in [-0.25, -0.2) is 9.78 Å². The summed E-state index contributed by atoms with van der Waals surface area (Å²) in [5.74, 6) is 1.24. The lowest BCUT2D eigenvalue weighted by molar-refractivity contribution is 0.414. The van der Waals surface area contributed by atoms with Crippen LogP contribution in [-0.4, -0.2) is 20.4 Å². The molecular weight excluding hydrogens is 370 g/mol. The molecule has 2 aromatic heterocycles. The lowest BCUT2D eigenvalue weighted by atomic mass is 10.0. The van der Waals surface area contributed by atoms with Crippen LogP contribution in [0.25, 0.3) is 22.1 Å². The number of aromatic nitrogens is 1. The van der Waals surface area contributed by atoms with Crippen LogP contribution < -0.4 is 14.8 Å². The molecule has 148 valence electrons. The number of nitrogens with zero attached hydrogens (tertiary/aromatic N) is 1. The summed E-state index contributed by atoms with van der Waals surface area (Å²) in [4.78, 5) is 17.1. The summed E-state index contributed by atoms with van der Waals surface area (Å²) in [5, 5.41) is 0.960. The van der Waals surface area contributed by atoms with Crippen molar-refractivity contribution in [2.75, 3.05) is 7.11 Å². The maximum absolute atomic E-state index is 12.6. The summed E-state index contributed by atoms with van der Waals surface area (Å²) in [6.07, 6.45) is 1.68. The SMILES string of the molecule is COc1ccc2c(C)c(-c3ccc(O[Si](C)(C)C(C)(C)C)nc3)c(=O)oc2c1. The molecule has 2 heterocycles. The van der Waals surface area contributed by atoms with E-state index in [1.54, 1.807) is 19.4 Å². The van der Waals surface area contributed by atoms with Crippen LogP contribution in [0.15, 0.2) is 45.7 Å². The molecule has 0 bridgehead atoms. The van der Waals surface area contributed by atoms with Crippen LogP contribution in [0.3, 0.4) is 0 Å². The van der Waals surface area contributed by atoms with Gasteiger partial charge < -0.3 is 13.6 Å². The molecule has 0 aliphatic heterocycles. The van der Waals surface area contributed by atoms with Gasteiger partial charge in [0.1, 0.15) is 11.3 Å². The van der Waals surface area contributed by atoms with E-state index in [-0.39, 0.29) is 5.04 Å². The minimum Gasteiger partial charge on any atom is -0.531 e. The molecule has 0 aliphatic carbocycles. The summed E-state index contributed by atoms with van der Waals surface area (Å²) in [6, 6.07) is 9.17. The van der Waals surface area contributed by atoms with E-state index in [1.165, 1.54) is 0 Å². The highest BCUT2D eigenvalue weighted by Gasteiger charge is 2.39. The van der Waals surface area contributed by atoms with E-state index in [2.05, 4.69) is 38.8 Å².